The number of carbonyl (C=O) groups excluding carboxylic acids is 2. The Morgan fingerprint density at radius 2 is 2.00 bits per heavy atom. The summed E-state index contributed by atoms with van der Waals surface area (Å²) in [5.74, 6) is -1.51. The minimum atomic E-state index is -0.737. The van der Waals surface area contributed by atoms with Gasteiger partial charge >= 0.3 is 0 Å². The zero-order chi connectivity index (χ0) is 16.9. The van der Waals surface area contributed by atoms with E-state index in [9.17, 15) is 24.8 Å². The molecule has 0 unspecified atom stereocenters. The van der Waals surface area contributed by atoms with Gasteiger partial charge in [0.1, 0.15) is 5.75 Å². The Morgan fingerprint density at radius 1 is 1.39 bits per heavy atom. The van der Waals surface area contributed by atoms with E-state index in [0.29, 0.717) is 0 Å². The minimum absolute atomic E-state index is 0. The summed E-state index contributed by atoms with van der Waals surface area (Å²) in [5, 5.41) is 24.8. The summed E-state index contributed by atoms with van der Waals surface area (Å²) in [5.41, 5.74) is 5.23. The van der Waals surface area contributed by atoms with Crippen LogP contribution in [0.25, 0.3) is 0 Å². The molecule has 0 saturated carbocycles. The Labute approximate surface area is 138 Å². The van der Waals surface area contributed by atoms with E-state index in [1.807, 2.05) is 0 Å². The van der Waals surface area contributed by atoms with Crippen molar-refractivity contribution in [1.29, 1.82) is 0 Å². The molecule has 23 heavy (non-hydrogen) atoms. The van der Waals surface area contributed by atoms with Gasteiger partial charge in [-0.1, -0.05) is 13.8 Å². The second-order valence-corrected chi connectivity index (χ2v) is 4.99. The normalized spacial score (nSPS) is 11.3. The maximum absolute atomic E-state index is 11.7. The number of hydrogen-bond donors (Lipinski definition) is 4. The summed E-state index contributed by atoms with van der Waals surface area (Å²) >= 11 is 0. The van der Waals surface area contributed by atoms with E-state index >= 15 is 0 Å². The summed E-state index contributed by atoms with van der Waals surface area (Å²) in [4.78, 5) is 33.3. The number of nitrogens with two attached hydrogens (primary N) is 1. The fourth-order valence-electron chi connectivity index (χ4n) is 1.52. The van der Waals surface area contributed by atoms with E-state index in [2.05, 4.69) is 10.6 Å². The van der Waals surface area contributed by atoms with Gasteiger partial charge < -0.3 is 21.5 Å². The van der Waals surface area contributed by atoms with Crippen LogP contribution in [0.5, 0.6) is 5.75 Å². The lowest BCUT2D eigenvalue weighted by atomic mass is 10.1. The molecular formula is C13H19ClN4O5. The third-order valence-electron chi connectivity index (χ3n) is 2.91. The summed E-state index contributed by atoms with van der Waals surface area (Å²) < 4.78 is 0. The number of rotatable bonds is 6. The molecule has 0 fully saturated rings. The van der Waals surface area contributed by atoms with Crippen LogP contribution in [0.1, 0.15) is 13.8 Å². The lowest BCUT2D eigenvalue weighted by Gasteiger charge is -2.15. The van der Waals surface area contributed by atoms with Crippen molar-refractivity contribution >= 4 is 35.6 Å². The monoisotopic (exact) mass is 346 g/mol. The zero-order valence-corrected chi connectivity index (χ0v) is 13.4. The molecule has 1 aromatic carbocycles. The predicted molar refractivity (Wildman–Crippen MR) is 86.5 cm³/mol. The topological polar surface area (TPSA) is 148 Å². The number of hydrogen-bond acceptors (Lipinski definition) is 6. The number of halogens is 1. The predicted octanol–water partition coefficient (Wildman–Crippen LogP) is 0.760. The third kappa shape index (κ3) is 6.09. The number of phenolic OH excluding ortho intramolecular Hbond substituents is 1. The summed E-state index contributed by atoms with van der Waals surface area (Å²) in [6.45, 7) is 3.18. The average Bonchev–Trinajstić information content (AvgIpc) is 2.45. The molecule has 9 nitrogen and oxygen atoms in total. The quantitative estimate of drug-likeness (QED) is 0.339. The maximum Gasteiger partial charge on any atom is 0.271 e. The van der Waals surface area contributed by atoms with Gasteiger partial charge in [-0.05, 0) is 12.0 Å². The van der Waals surface area contributed by atoms with Crippen molar-refractivity contribution in [1.82, 2.24) is 5.32 Å². The molecule has 5 N–H and O–H groups in total. The number of aromatic hydroxyl groups is 1. The number of amides is 2. The van der Waals surface area contributed by atoms with Gasteiger partial charge in [-0.3, -0.25) is 19.7 Å². The summed E-state index contributed by atoms with van der Waals surface area (Å²) in [6.07, 6.45) is 0. The molecule has 1 rings (SSSR count). The number of nitro benzene ring substituents is 1. The summed E-state index contributed by atoms with van der Waals surface area (Å²) in [6, 6.07) is 2.49. The molecule has 0 bridgehead atoms. The van der Waals surface area contributed by atoms with E-state index in [1.54, 1.807) is 13.8 Å². The number of phenols is 1. The Morgan fingerprint density at radius 3 is 2.52 bits per heavy atom. The Bertz CT molecular complexity index is 594. The smallest absolute Gasteiger partial charge is 0.271 e. The zero-order valence-electron chi connectivity index (χ0n) is 12.6. The molecule has 0 spiro atoms. The fraction of sp³-hybridized carbons (Fsp3) is 0.385. The highest BCUT2D eigenvalue weighted by molar-refractivity contribution is 5.96. The first kappa shape index (κ1) is 20.6. The molecule has 1 atom stereocenters. The highest BCUT2D eigenvalue weighted by Gasteiger charge is 2.18. The second kappa shape index (κ2) is 8.91. The van der Waals surface area contributed by atoms with Crippen molar-refractivity contribution in [2.75, 3.05) is 11.9 Å². The van der Waals surface area contributed by atoms with Gasteiger partial charge in [-0.25, -0.2) is 0 Å². The third-order valence-corrected chi connectivity index (χ3v) is 2.91. The van der Waals surface area contributed by atoms with E-state index in [4.69, 9.17) is 5.73 Å². The number of anilines is 1. The van der Waals surface area contributed by atoms with Crippen LogP contribution in [0.2, 0.25) is 0 Å². The molecule has 1 aromatic rings. The van der Waals surface area contributed by atoms with Crippen molar-refractivity contribution in [3.63, 3.8) is 0 Å². The van der Waals surface area contributed by atoms with E-state index in [-0.39, 0.29) is 42.0 Å². The van der Waals surface area contributed by atoms with E-state index in [0.717, 1.165) is 18.2 Å². The highest BCUT2D eigenvalue weighted by atomic mass is 35.5. The first-order chi connectivity index (χ1) is 10.2. The minimum Gasteiger partial charge on any atom is -0.506 e. The molecular weight excluding hydrogens is 328 g/mol. The Balaban J connectivity index is 0.00000484. The SMILES string of the molecule is CC(C)[C@H](N)C(=O)NCC(=O)Nc1cc([N+](=O)[O-])ccc1O.Cl. The van der Waals surface area contributed by atoms with Crippen molar-refractivity contribution in [2.45, 2.75) is 19.9 Å². The van der Waals surface area contributed by atoms with Gasteiger partial charge in [0.05, 0.1) is 23.2 Å². The number of nitrogens with one attached hydrogen (secondary N) is 2. The number of benzene rings is 1. The molecule has 0 radical (unpaired) electrons. The van der Waals surface area contributed by atoms with Crippen LogP contribution in [0.4, 0.5) is 11.4 Å². The molecule has 0 aromatic heterocycles. The standard InChI is InChI=1S/C13H18N4O5.ClH/c1-7(2)12(14)13(20)15-6-11(19)16-9-5-8(17(21)22)3-4-10(9)18;/h3-5,7,12,18H,6,14H2,1-2H3,(H,15,20)(H,16,19);1H/t12-;/m0./s1. The van der Waals surface area contributed by atoms with Crippen LogP contribution >= 0.6 is 12.4 Å². The summed E-state index contributed by atoms with van der Waals surface area (Å²) in [7, 11) is 0. The van der Waals surface area contributed by atoms with Gasteiger partial charge in [0.15, 0.2) is 0 Å². The molecule has 0 aliphatic rings. The van der Waals surface area contributed by atoms with E-state index < -0.39 is 22.8 Å². The largest absolute Gasteiger partial charge is 0.506 e. The van der Waals surface area contributed by atoms with Crippen LogP contribution in [-0.4, -0.2) is 34.4 Å². The molecule has 128 valence electrons. The number of carbonyl (C=O) groups is 2. The second-order valence-electron chi connectivity index (χ2n) is 4.99. The maximum atomic E-state index is 11.7. The number of nitro groups is 1. The molecule has 0 saturated heterocycles. The van der Waals surface area contributed by atoms with Crippen LogP contribution in [0.3, 0.4) is 0 Å². The van der Waals surface area contributed by atoms with Crippen molar-refractivity contribution in [2.24, 2.45) is 11.7 Å². The first-order valence-electron chi connectivity index (χ1n) is 6.53. The van der Waals surface area contributed by atoms with Gasteiger partial charge in [-0.2, -0.15) is 0 Å². The van der Waals surface area contributed by atoms with Crippen molar-refractivity contribution in [3.05, 3.63) is 28.3 Å². The van der Waals surface area contributed by atoms with Gasteiger partial charge in [0.2, 0.25) is 11.8 Å². The molecule has 0 aliphatic heterocycles. The van der Waals surface area contributed by atoms with Crippen LogP contribution in [-0.2, 0) is 9.59 Å². The van der Waals surface area contributed by atoms with Crippen molar-refractivity contribution < 1.29 is 19.6 Å². The average molecular weight is 347 g/mol. The van der Waals surface area contributed by atoms with Gasteiger partial charge in [0.25, 0.3) is 5.69 Å². The van der Waals surface area contributed by atoms with Gasteiger partial charge in [0, 0.05) is 12.1 Å². The highest BCUT2D eigenvalue weighted by Crippen LogP contribution is 2.27. The molecule has 0 heterocycles. The molecule has 10 heteroatoms. The van der Waals surface area contributed by atoms with Gasteiger partial charge in [-0.15, -0.1) is 12.4 Å². The number of nitrogens with zero attached hydrogens (tertiary/aromatic N) is 1. The molecule has 0 aliphatic carbocycles. The van der Waals surface area contributed by atoms with Crippen LogP contribution in [0.15, 0.2) is 18.2 Å². The Hall–Kier alpha value is -2.39. The fourth-order valence-corrected chi connectivity index (χ4v) is 1.52. The lowest BCUT2D eigenvalue weighted by molar-refractivity contribution is -0.384. The number of non-ortho nitro benzene ring substituents is 1. The first-order valence-corrected chi connectivity index (χ1v) is 6.53. The van der Waals surface area contributed by atoms with Crippen LogP contribution < -0.4 is 16.4 Å². The Kier molecular flexibility index (Phi) is 7.98. The van der Waals surface area contributed by atoms with E-state index in [1.165, 1.54) is 0 Å². The van der Waals surface area contributed by atoms with Crippen molar-refractivity contribution in [3.8, 4) is 5.75 Å². The van der Waals surface area contributed by atoms with Crippen LogP contribution in [0, 0.1) is 16.0 Å². The molecule has 2 amide bonds. The lowest BCUT2D eigenvalue weighted by Crippen LogP contribution is -2.46.